The van der Waals surface area contributed by atoms with Crippen molar-refractivity contribution in [3.8, 4) is 0 Å². The van der Waals surface area contributed by atoms with Gasteiger partial charge in [-0.2, -0.15) is 0 Å². The van der Waals surface area contributed by atoms with Crippen LogP contribution in [0.4, 0.5) is 5.69 Å². The Morgan fingerprint density at radius 3 is 2.20 bits per heavy atom. The van der Waals surface area contributed by atoms with Crippen molar-refractivity contribution >= 4 is 5.69 Å². The topological polar surface area (TPSA) is 15.3 Å². The van der Waals surface area contributed by atoms with E-state index < -0.39 is 0 Å². The van der Waals surface area contributed by atoms with Crippen LogP contribution in [0.5, 0.6) is 0 Å². The predicted molar refractivity (Wildman–Crippen MR) is 88.2 cm³/mol. The van der Waals surface area contributed by atoms with Crippen LogP contribution in [0, 0.1) is 11.3 Å². The maximum Gasteiger partial charge on any atom is 0.0366 e. The molecule has 0 bridgehead atoms. The molecule has 1 fully saturated rings. The highest BCUT2D eigenvalue weighted by atomic mass is 15.1. The van der Waals surface area contributed by atoms with Crippen molar-refractivity contribution in [3.63, 3.8) is 0 Å². The van der Waals surface area contributed by atoms with Crippen LogP contribution in [0.2, 0.25) is 0 Å². The van der Waals surface area contributed by atoms with Gasteiger partial charge < -0.3 is 10.2 Å². The Balaban J connectivity index is 1.90. The van der Waals surface area contributed by atoms with Gasteiger partial charge >= 0.3 is 0 Å². The lowest BCUT2D eigenvalue weighted by Gasteiger charge is -2.39. The zero-order valence-electron chi connectivity index (χ0n) is 13.6. The highest BCUT2D eigenvalue weighted by molar-refractivity contribution is 5.48. The van der Waals surface area contributed by atoms with Gasteiger partial charge in [0.25, 0.3) is 0 Å². The average Bonchev–Trinajstić information content (AvgIpc) is 2.45. The molecule has 0 aromatic heterocycles. The van der Waals surface area contributed by atoms with Gasteiger partial charge in [0.05, 0.1) is 0 Å². The van der Waals surface area contributed by atoms with E-state index in [0.717, 1.165) is 19.0 Å². The van der Waals surface area contributed by atoms with E-state index in [1.807, 2.05) is 0 Å². The summed E-state index contributed by atoms with van der Waals surface area (Å²) in [6.45, 7) is 13.7. The van der Waals surface area contributed by atoms with Crippen LogP contribution < -0.4 is 10.2 Å². The maximum atomic E-state index is 3.37. The molecule has 2 nitrogen and oxygen atoms in total. The van der Waals surface area contributed by atoms with Gasteiger partial charge in [-0.15, -0.1) is 0 Å². The third-order valence-electron chi connectivity index (χ3n) is 4.60. The van der Waals surface area contributed by atoms with Crippen molar-refractivity contribution in [2.24, 2.45) is 11.3 Å². The summed E-state index contributed by atoms with van der Waals surface area (Å²) in [5.41, 5.74) is 3.22. The Morgan fingerprint density at radius 1 is 1.10 bits per heavy atom. The second kappa shape index (κ2) is 6.62. The van der Waals surface area contributed by atoms with Gasteiger partial charge in [0.15, 0.2) is 0 Å². The summed E-state index contributed by atoms with van der Waals surface area (Å²) in [6, 6.07) is 9.08. The summed E-state index contributed by atoms with van der Waals surface area (Å²) in [5.74, 6) is 0.867. The van der Waals surface area contributed by atoms with E-state index in [0.29, 0.717) is 5.41 Å². The van der Waals surface area contributed by atoms with E-state index in [1.54, 1.807) is 0 Å². The fourth-order valence-corrected chi connectivity index (χ4v) is 3.10. The first-order chi connectivity index (χ1) is 9.50. The predicted octanol–water partition coefficient (Wildman–Crippen LogP) is 4.06. The Hall–Kier alpha value is -1.02. The number of piperidine rings is 1. The van der Waals surface area contributed by atoms with Gasteiger partial charge in [0.2, 0.25) is 0 Å². The van der Waals surface area contributed by atoms with Gasteiger partial charge in [0.1, 0.15) is 0 Å². The smallest absolute Gasteiger partial charge is 0.0366 e. The van der Waals surface area contributed by atoms with Crippen LogP contribution >= 0.6 is 0 Å². The van der Waals surface area contributed by atoms with Gasteiger partial charge in [-0.25, -0.2) is 0 Å². The van der Waals surface area contributed by atoms with Crippen molar-refractivity contribution in [2.45, 2.75) is 47.1 Å². The zero-order chi connectivity index (χ0) is 14.6. The number of hydrogen-bond acceptors (Lipinski definition) is 2. The first kappa shape index (κ1) is 15.4. The van der Waals surface area contributed by atoms with Crippen molar-refractivity contribution in [1.29, 1.82) is 0 Å². The SMILES string of the molecule is CCNCc1ccc(N2CCC(C(C)(C)C)CC2)cc1. The standard InChI is InChI=1S/C18H30N2/c1-5-19-14-15-6-8-17(9-7-15)20-12-10-16(11-13-20)18(2,3)4/h6-9,16,19H,5,10-14H2,1-4H3. The highest BCUT2D eigenvalue weighted by Gasteiger charge is 2.28. The molecule has 0 atom stereocenters. The molecule has 2 rings (SSSR count). The quantitative estimate of drug-likeness (QED) is 0.890. The average molecular weight is 274 g/mol. The molecule has 1 aromatic carbocycles. The highest BCUT2D eigenvalue weighted by Crippen LogP contribution is 2.35. The van der Waals surface area contributed by atoms with Crippen LogP contribution in [0.1, 0.15) is 46.1 Å². The summed E-state index contributed by atoms with van der Waals surface area (Å²) in [4.78, 5) is 2.54. The molecule has 0 amide bonds. The molecular formula is C18H30N2. The minimum atomic E-state index is 0.460. The van der Waals surface area contributed by atoms with Gasteiger partial charge in [-0.1, -0.05) is 39.8 Å². The molecule has 20 heavy (non-hydrogen) atoms. The number of anilines is 1. The van der Waals surface area contributed by atoms with Crippen LogP contribution in [-0.4, -0.2) is 19.6 Å². The Morgan fingerprint density at radius 2 is 1.70 bits per heavy atom. The van der Waals surface area contributed by atoms with Crippen LogP contribution in [0.15, 0.2) is 24.3 Å². The normalized spacial score (nSPS) is 17.5. The third-order valence-corrected chi connectivity index (χ3v) is 4.60. The molecule has 1 aliphatic heterocycles. The molecule has 1 aliphatic rings. The third kappa shape index (κ3) is 3.99. The molecule has 1 aromatic rings. The van der Waals surface area contributed by atoms with Crippen LogP contribution in [-0.2, 0) is 6.54 Å². The molecule has 1 saturated heterocycles. The molecule has 2 heteroatoms. The van der Waals surface area contributed by atoms with E-state index in [4.69, 9.17) is 0 Å². The van der Waals surface area contributed by atoms with E-state index in [1.165, 1.54) is 37.2 Å². The molecule has 0 spiro atoms. The molecule has 0 unspecified atom stereocenters. The lowest BCUT2D eigenvalue weighted by Crippen LogP contribution is -2.38. The summed E-state index contributed by atoms with van der Waals surface area (Å²) in [6.07, 6.45) is 2.64. The molecular weight excluding hydrogens is 244 g/mol. The summed E-state index contributed by atoms with van der Waals surface area (Å²) >= 11 is 0. The molecule has 1 N–H and O–H groups in total. The Bertz CT molecular complexity index is 394. The summed E-state index contributed by atoms with van der Waals surface area (Å²) in [7, 11) is 0. The lowest BCUT2D eigenvalue weighted by molar-refractivity contribution is 0.199. The van der Waals surface area contributed by atoms with Crippen molar-refractivity contribution in [2.75, 3.05) is 24.5 Å². The van der Waals surface area contributed by atoms with E-state index in [9.17, 15) is 0 Å². The van der Waals surface area contributed by atoms with Gasteiger partial charge in [0, 0.05) is 25.3 Å². The van der Waals surface area contributed by atoms with E-state index in [2.05, 4.69) is 62.2 Å². The molecule has 1 heterocycles. The van der Waals surface area contributed by atoms with Crippen molar-refractivity contribution in [3.05, 3.63) is 29.8 Å². The molecule has 0 aliphatic carbocycles. The Labute approximate surface area is 124 Å². The monoisotopic (exact) mass is 274 g/mol. The zero-order valence-corrected chi connectivity index (χ0v) is 13.6. The molecule has 0 radical (unpaired) electrons. The first-order valence-corrected chi connectivity index (χ1v) is 8.05. The van der Waals surface area contributed by atoms with Crippen LogP contribution in [0.3, 0.4) is 0 Å². The number of nitrogens with one attached hydrogen (secondary N) is 1. The fourth-order valence-electron chi connectivity index (χ4n) is 3.10. The number of rotatable bonds is 4. The minimum absolute atomic E-state index is 0.460. The lowest BCUT2D eigenvalue weighted by atomic mass is 9.75. The number of nitrogens with zero attached hydrogens (tertiary/aromatic N) is 1. The first-order valence-electron chi connectivity index (χ1n) is 8.05. The fraction of sp³-hybridized carbons (Fsp3) is 0.667. The molecule has 0 saturated carbocycles. The van der Waals surface area contributed by atoms with Crippen molar-refractivity contribution < 1.29 is 0 Å². The molecule has 112 valence electrons. The van der Waals surface area contributed by atoms with Gasteiger partial charge in [-0.3, -0.25) is 0 Å². The van der Waals surface area contributed by atoms with Crippen molar-refractivity contribution in [1.82, 2.24) is 5.32 Å². The second-order valence-corrected chi connectivity index (χ2v) is 7.07. The number of benzene rings is 1. The largest absolute Gasteiger partial charge is 0.372 e. The summed E-state index contributed by atoms with van der Waals surface area (Å²) < 4.78 is 0. The summed E-state index contributed by atoms with van der Waals surface area (Å²) in [5, 5.41) is 3.37. The maximum absolute atomic E-state index is 3.37. The minimum Gasteiger partial charge on any atom is -0.372 e. The van der Waals surface area contributed by atoms with E-state index >= 15 is 0 Å². The van der Waals surface area contributed by atoms with E-state index in [-0.39, 0.29) is 0 Å². The number of hydrogen-bond donors (Lipinski definition) is 1. The van der Waals surface area contributed by atoms with Gasteiger partial charge in [-0.05, 0) is 48.4 Å². The second-order valence-electron chi connectivity index (χ2n) is 7.07. The Kier molecular flexibility index (Phi) is 5.09. The van der Waals surface area contributed by atoms with Crippen LogP contribution in [0.25, 0.3) is 0 Å².